The zero-order valence-corrected chi connectivity index (χ0v) is 11.2. The summed E-state index contributed by atoms with van der Waals surface area (Å²) < 4.78 is 13.0. The summed E-state index contributed by atoms with van der Waals surface area (Å²) in [6.07, 6.45) is 2.53. The monoisotopic (exact) mass is 259 g/mol. The molecule has 0 spiro atoms. The van der Waals surface area contributed by atoms with Crippen molar-refractivity contribution in [2.24, 2.45) is 0 Å². The van der Waals surface area contributed by atoms with E-state index in [-0.39, 0.29) is 0 Å². The SMILES string of the molecule is CCc1cccc(C(O)(CC)c2ccc(F)cn2)c1. The summed E-state index contributed by atoms with van der Waals surface area (Å²) in [5.74, 6) is -0.399. The van der Waals surface area contributed by atoms with E-state index in [4.69, 9.17) is 0 Å². The number of aromatic nitrogens is 1. The maximum atomic E-state index is 13.0. The van der Waals surface area contributed by atoms with Gasteiger partial charge in [0.1, 0.15) is 11.4 Å². The maximum Gasteiger partial charge on any atom is 0.141 e. The lowest BCUT2D eigenvalue weighted by Gasteiger charge is -2.27. The molecule has 100 valence electrons. The van der Waals surface area contributed by atoms with Crippen LogP contribution in [0.3, 0.4) is 0 Å². The minimum atomic E-state index is -1.17. The Labute approximate surface area is 112 Å². The van der Waals surface area contributed by atoms with Gasteiger partial charge in [-0.2, -0.15) is 0 Å². The quantitative estimate of drug-likeness (QED) is 0.912. The number of pyridine rings is 1. The van der Waals surface area contributed by atoms with Gasteiger partial charge in [0, 0.05) is 0 Å². The third-order valence-electron chi connectivity index (χ3n) is 3.48. The van der Waals surface area contributed by atoms with Gasteiger partial charge in [-0.15, -0.1) is 0 Å². The number of rotatable bonds is 4. The van der Waals surface area contributed by atoms with Gasteiger partial charge in [-0.1, -0.05) is 38.1 Å². The van der Waals surface area contributed by atoms with Crippen LogP contribution in [0.2, 0.25) is 0 Å². The third kappa shape index (κ3) is 2.66. The summed E-state index contributed by atoms with van der Waals surface area (Å²) in [4.78, 5) is 4.03. The molecule has 0 aliphatic heterocycles. The molecule has 1 N–H and O–H groups in total. The van der Waals surface area contributed by atoms with Crippen molar-refractivity contribution >= 4 is 0 Å². The molecule has 0 aliphatic carbocycles. The first-order valence-electron chi connectivity index (χ1n) is 6.54. The van der Waals surface area contributed by atoms with Gasteiger partial charge < -0.3 is 5.11 Å². The second kappa shape index (κ2) is 5.49. The zero-order chi connectivity index (χ0) is 13.9. The van der Waals surface area contributed by atoms with Gasteiger partial charge in [0.15, 0.2) is 0 Å². The molecule has 1 heterocycles. The maximum absolute atomic E-state index is 13.0. The molecule has 0 saturated carbocycles. The van der Waals surface area contributed by atoms with Crippen molar-refractivity contribution in [2.75, 3.05) is 0 Å². The highest BCUT2D eigenvalue weighted by molar-refractivity contribution is 5.35. The Morgan fingerprint density at radius 2 is 2.00 bits per heavy atom. The minimum absolute atomic E-state index is 0.399. The van der Waals surface area contributed by atoms with Crippen molar-refractivity contribution in [1.82, 2.24) is 4.98 Å². The second-order valence-electron chi connectivity index (χ2n) is 4.63. The number of benzene rings is 1. The molecule has 0 aliphatic rings. The number of aliphatic hydroxyl groups is 1. The van der Waals surface area contributed by atoms with Gasteiger partial charge in [0.25, 0.3) is 0 Å². The average molecular weight is 259 g/mol. The van der Waals surface area contributed by atoms with E-state index in [0.29, 0.717) is 12.1 Å². The van der Waals surface area contributed by atoms with E-state index in [2.05, 4.69) is 11.9 Å². The van der Waals surface area contributed by atoms with E-state index in [1.807, 2.05) is 31.2 Å². The molecule has 1 unspecified atom stereocenters. The molecule has 19 heavy (non-hydrogen) atoms. The fourth-order valence-corrected chi connectivity index (χ4v) is 2.20. The van der Waals surface area contributed by atoms with Gasteiger partial charge in [0.05, 0.1) is 11.9 Å². The van der Waals surface area contributed by atoms with E-state index in [1.165, 1.54) is 12.1 Å². The van der Waals surface area contributed by atoms with E-state index < -0.39 is 11.4 Å². The first-order chi connectivity index (χ1) is 9.10. The van der Waals surface area contributed by atoms with Gasteiger partial charge in [-0.05, 0) is 36.1 Å². The van der Waals surface area contributed by atoms with Crippen molar-refractivity contribution < 1.29 is 9.50 Å². The highest BCUT2D eigenvalue weighted by Gasteiger charge is 2.31. The first-order valence-corrected chi connectivity index (χ1v) is 6.54. The van der Waals surface area contributed by atoms with Crippen molar-refractivity contribution in [1.29, 1.82) is 0 Å². The summed E-state index contributed by atoms with van der Waals surface area (Å²) in [5.41, 5.74) is 1.27. The normalized spacial score (nSPS) is 14.1. The molecule has 0 fully saturated rings. The standard InChI is InChI=1S/C16H18FNO/c1-3-12-6-5-7-13(10-12)16(19,4-2)15-9-8-14(17)11-18-15/h5-11,19H,3-4H2,1-2H3. The van der Waals surface area contributed by atoms with Gasteiger partial charge in [-0.25, -0.2) is 4.39 Å². The van der Waals surface area contributed by atoms with Crippen molar-refractivity contribution in [3.8, 4) is 0 Å². The van der Waals surface area contributed by atoms with Crippen LogP contribution in [0.15, 0.2) is 42.6 Å². The topological polar surface area (TPSA) is 33.1 Å². The van der Waals surface area contributed by atoms with Crippen LogP contribution in [0.1, 0.15) is 37.1 Å². The average Bonchev–Trinajstić information content (AvgIpc) is 2.47. The largest absolute Gasteiger partial charge is 0.379 e. The number of nitrogens with zero attached hydrogens (tertiary/aromatic N) is 1. The molecule has 3 heteroatoms. The highest BCUT2D eigenvalue weighted by Crippen LogP contribution is 2.32. The van der Waals surface area contributed by atoms with Crippen LogP contribution in [0.4, 0.5) is 4.39 Å². The van der Waals surface area contributed by atoms with Crippen LogP contribution in [0, 0.1) is 5.82 Å². The Morgan fingerprint density at radius 1 is 1.21 bits per heavy atom. The van der Waals surface area contributed by atoms with Crippen molar-refractivity contribution in [3.05, 3.63) is 65.2 Å². The first kappa shape index (κ1) is 13.7. The molecule has 1 atom stereocenters. The fourth-order valence-electron chi connectivity index (χ4n) is 2.20. The molecule has 2 rings (SSSR count). The minimum Gasteiger partial charge on any atom is -0.379 e. The number of hydrogen-bond donors (Lipinski definition) is 1. The van der Waals surface area contributed by atoms with E-state index in [9.17, 15) is 9.50 Å². The Hall–Kier alpha value is -1.74. The second-order valence-corrected chi connectivity index (χ2v) is 4.63. The smallest absolute Gasteiger partial charge is 0.141 e. The Kier molecular flexibility index (Phi) is 3.96. The lowest BCUT2D eigenvalue weighted by Crippen LogP contribution is -2.27. The molecular weight excluding hydrogens is 241 g/mol. The van der Waals surface area contributed by atoms with Crippen molar-refractivity contribution in [2.45, 2.75) is 32.3 Å². The molecule has 0 saturated heterocycles. The van der Waals surface area contributed by atoms with E-state index >= 15 is 0 Å². The van der Waals surface area contributed by atoms with Gasteiger partial charge >= 0.3 is 0 Å². The molecule has 2 aromatic rings. The molecule has 0 amide bonds. The fraction of sp³-hybridized carbons (Fsp3) is 0.312. The van der Waals surface area contributed by atoms with Crippen LogP contribution in [0.25, 0.3) is 0 Å². The van der Waals surface area contributed by atoms with Gasteiger partial charge in [0.2, 0.25) is 0 Å². The molecule has 1 aromatic heterocycles. The number of aryl methyl sites for hydroxylation is 1. The number of halogens is 1. The summed E-state index contributed by atoms with van der Waals surface area (Å²) >= 11 is 0. The molecular formula is C16H18FNO. The molecule has 1 aromatic carbocycles. The predicted molar refractivity (Wildman–Crippen MR) is 73.3 cm³/mol. The van der Waals surface area contributed by atoms with Crippen LogP contribution in [-0.4, -0.2) is 10.1 Å². The van der Waals surface area contributed by atoms with Crippen LogP contribution < -0.4 is 0 Å². The van der Waals surface area contributed by atoms with Crippen LogP contribution in [-0.2, 0) is 12.0 Å². The lowest BCUT2D eigenvalue weighted by molar-refractivity contribution is 0.0717. The van der Waals surface area contributed by atoms with Gasteiger partial charge in [-0.3, -0.25) is 4.98 Å². The van der Waals surface area contributed by atoms with Crippen LogP contribution in [0.5, 0.6) is 0 Å². The van der Waals surface area contributed by atoms with E-state index in [0.717, 1.165) is 23.7 Å². The zero-order valence-electron chi connectivity index (χ0n) is 11.2. The highest BCUT2D eigenvalue weighted by atomic mass is 19.1. The summed E-state index contributed by atoms with van der Waals surface area (Å²) in [6.45, 7) is 3.96. The summed E-state index contributed by atoms with van der Waals surface area (Å²) in [7, 11) is 0. The Balaban J connectivity index is 2.49. The predicted octanol–water partition coefficient (Wildman–Crippen LogP) is 3.43. The number of hydrogen-bond acceptors (Lipinski definition) is 2. The summed E-state index contributed by atoms with van der Waals surface area (Å²) in [5, 5.41) is 10.9. The molecule has 2 nitrogen and oxygen atoms in total. The van der Waals surface area contributed by atoms with Crippen molar-refractivity contribution in [3.63, 3.8) is 0 Å². The Bertz CT molecular complexity index is 553. The molecule has 0 bridgehead atoms. The van der Waals surface area contributed by atoms with Crippen LogP contribution >= 0.6 is 0 Å². The molecule has 0 radical (unpaired) electrons. The van der Waals surface area contributed by atoms with E-state index in [1.54, 1.807) is 0 Å². The third-order valence-corrected chi connectivity index (χ3v) is 3.48. The Morgan fingerprint density at radius 3 is 2.58 bits per heavy atom. The lowest BCUT2D eigenvalue weighted by atomic mass is 9.86. The summed E-state index contributed by atoms with van der Waals surface area (Å²) in [6, 6.07) is 10.7.